The summed E-state index contributed by atoms with van der Waals surface area (Å²) >= 11 is 0. The van der Waals surface area contributed by atoms with Crippen LogP contribution in [-0.4, -0.2) is 38.8 Å². The van der Waals surface area contributed by atoms with Crippen LogP contribution in [0.4, 0.5) is 0 Å². The molecule has 3 aliphatic rings. The third-order valence-corrected chi connectivity index (χ3v) is 5.87. The molecule has 0 amide bonds. The fraction of sp³-hybridized carbons (Fsp3) is 0.348. The van der Waals surface area contributed by atoms with Crippen molar-refractivity contribution in [2.24, 2.45) is 0 Å². The average Bonchev–Trinajstić information content (AvgIpc) is 3.17. The van der Waals surface area contributed by atoms with Gasteiger partial charge >= 0.3 is 0 Å². The molecule has 1 unspecified atom stereocenters. The third-order valence-electron chi connectivity index (χ3n) is 5.87. The minimum absolute atomic E-state index is 0.0228. The van der Waals surface area contributed by atoms with E-state index in [-0.39, 0.29) is 18.5 Å². The zero-order chi connectivity index (χ0) is 20.3. The molecule has 0 aromatic heterocycles. The predicted molar refractivity (Wildman–Crippen MR) is 106 cm³/mol. The number of methoxy groups -OCH3 is 2. The highest BCUT2D eigenvalue weighted by Crippen LogP contribution is 2.49. The summed E-state index contributed by atoms with van der Waals surface area (Å²) in [6.45, 7) is 6.22. The van der Waals surface area contributed by atoms with Gasteiger partial charge in [-0.15, -0.1) is 0 Å². The van der Waals surface area contributed by atoms with Gasteiger partial charge in [0.1, 0.15) is 36.1 Å². The normalized spacial score (nSPS) is 23.4. The highest BCUT2D eigenvalue weighted by Gasteiger charge is 2.45. The molecule has 5 rings (SSSR count). The molecule has 0 radical (unpaired) electrons. The van der Waals surface area contributed by atoms with E-state index in [0.29, 0.717) is 35.0 Å². The van der Waals surface area contributed by atoms with Gasteiger partial charge in [0.2, 0.25) is 0 Å². The van der Waals surface area contributed by atoms with E-state index in [9.17, 15) is 4.79 Å². The van der Waals surface area contributed by atoms with Gasteiger partial charge in [-0.3, -0.25) is 4.79 Å². The standard InChI is InChI=1S/C23H22O6/c1-11(2)16-8-14-15(28-16)6-5-12-22(24)21-13-7-18(25-3)19(26-4)9-17(13)27-10-20(21)29-23(12)14/h5-7,9,16,20-21H,1,8,10H2,2-4H3/t16?,20-,21+/m1/s1/i3-1. The second kappa shape index (κ2) is 6.44. The van der Waals surface area contributed by atoms with Crippen molar-refractivity contribution in [2.75, 3.05) is 20.8 Å². The third kappa shape index (κ3) is 2.58. The van der Waals surface area contributed by atoms with Crippen LogP contribution in [0.25, 0.3) is 0 Å². The first kappa shape index (κ1) is 17.9. The largest absolute Gasteiger partial charge is 0.493 e. The molecule has 0 bridgehead atoms. The van der Waals surface area contributed by atoms with E-state index in [1.165, 1.54) is 0 Å². The van der Waals surface area contributed by atoms with Gasteiger partial charge in [-0.2, -0.15) is 0 Å². The molecule has 3 atom stereocenters. The number of hydrogen-bond acceptors (Lipinski definition) is 6. The van der Waals surface area contributed by atoms with E-state index in [4.69, 9.17) is 23.7 Å². The molecular formula is C23H22O6. The quantitative estimate of drug-likeness (QED) is 0.741. The van der Waals surface area contributed by atoms with Gasteiger partial charge in [-0.25, -0.2) is 0 Å². The van der Waals surface area contributed by atoms with Crippen LogP contribution in [0.5, 0.6) is 28.7 Å². The maximum absolute atomic E-state index is 13.5. The minimum atomic E-state index is -0.455. The number of rotatable bonds is 3. The lowest BCUT2D eigenvalue weighted by atomic mass is 9.81. The van der Waals surface area contributed by atoms with Gasteiger partial charge in [0, 0.05) is 23.6 Å². The number of hydrogen-bond donors (Lipinski definition) is 0. The van der Waals surface area contributed by atoms with Crippen molar-refractivity contribution in [3.63, 3.8) is 0 Å². The van der Waals surface area contributed by atoms with Crippen molar-refractivity contribution < 1.29 is 28.5 Å². The molecule has 0 fully saturated rings. The van der Waals surface area contributed by atoms with Crippen molar-refractivity contribution >= 4 is 5.78 Å². The zero-order valence-corrected chi connectivity index (χ0v) is 16.6. The van der Waals surface area contributed by atoms with Crippen molar-refractivity contribution in [3.05, 3.63) is 53.1 Å². The van der Waals surface area contributed by atoms with E-state index in [0.717, 1.165) is 22.4 Å². The van der Waals surface area contributed by atoms with E-state index in [1.807, 2.05) is 19.1 Å². The Kier molecular flexibility index (Phi) is 3.98. The van der Waals surface area contributed by atoms with Crippen LogP contribution in [0.3, 0.4) is 0 Å². The summed E-state index contributed by atoms with van der Waals surface area (Å²) in [7, 11) is 3.14. The van der Waals surface area contributed by atoms with Crippen LogP contribution in [0.15, 0.2) is 36.4 Å². The Hall–Kier alpha value is -3.15. The Morgan fingerprint density at radius 2 is 1.86 bits per heavy atom. The number of ketones is 1. The lowest BCUT2D eigenvalue weighted by Crippen LogP contribution is -2.43. The summed E-state index contributed by atoms with van der Waals surface area (Å²) in [4.78, 5) is 13.5. The molecule has 3 aliphatic heterocycles. The van der Waals surface area contributed by atoms with Crippen LogP contribution in [-0.2, 0) is 6.42 Å². The van der Waals surface area contributed by atoms with Crippen molar-refractivity contribution in [1.29, 1.82) is 0 Å². The summed E-state index contributed by atoms with van der Waals surface area (Å²) in [5.41, 5.74) is 3.22. The molecule has 0 aliphatic carbocycles. The Balaban J connectivity index is 1.58. The topological polar surface area (TPSA) is 63.2 Å². The van der Waals surface area contributed by atoms with Gasteiger partial charge in [-0.1, -0.05) is 6.58 Å². The number of ether oxygens (including phenoxy) is 5. The SMILES string of the molecule is C=C(C)C1Cc2c(ccc3c2O[C@@H]2COc4cc(OC)c(O[11CH3])cc4[C@@H]2C3=O)O1. The van der Waals surface area contributed by atoms with Crippen LogP contribution >= 0.6 is 0 Å². The average molecular weight is 393 g/mol. The van der Waals surface area contributed by atoms with Crippen LogP contribution in [0, 0.1) is 0 Å². The lowest BCUT2D eigenvalue weighted by Gasteiger charge is -2.37. The van der Waals surface area contributed by atoms with E-state index in [2.05, 4.69) is 6.58 Å². The fourth-order valence-corrected chi connectivity index (χ4v) is 4.34. The summed E-state index contributed by atoms with van der Waals surface area (Å²) in [6, 6.07) is 7.23. The fourth-order valence-electron chi connectivity index (χ4n) is 4.34. The van der Waals surface area contributed by atoms with Crippen LogP contribution in [0.2, 0.25) is 0 Å². The Morgan fingerprint density at radius 1 is 1.10 bits per heavy atom. The molecule has 6 nitrogen and oxygen atoms in total. The Morgan fingerprint density at radius 3 is 2.59 bits per heavy atom. The van der Waals surface area contributed by atoms with Gasteiger partial charge < -0.3 is 23.7 Å². The van der Waals surface area contributed by atoms with Gasteiger partial charge in [0.25, 0.3) is 0 Å². The maximum atomic E-state index is 13.5. The van der Waals surface area contributed by atoms with Gasteiger partial charge in [0.15, 0.2) is 17.3 Å². The zero-order valence-electron chi connectivity index (χ0n) is 16.6. The van der Waals surface area contributed by atoms with E-state index in [1.54, 1.807) is 26.4 Å². The first-order valence-electron chi connectivity index (χ1n) is 9.59. The molecule has 0 saturated heterocycles. The summed E-state index contributed by atoms with van der Waals surface area (Å²) in [5, 5.41) is 0. The number of fused-ring (bicyclic) bond motifs is 6. The van der Waals surface area contributed by atoms with E-state index >= 15 is 0 Å². The van der Waals surface area contributed by atoms with Gasteiger partial charge in [0.05, 0.1) is 25.7 Å². The molecule has 2 aromatic rings. The summed E-state index contributed by atoms with van der Waals surface area (Å²) in [6.07, 6.45) is 0.157. The first-order valence-corrected chi connectivity index (χ1v) is 9.59. The molecule has 6 heteroatoms. The second-order valence-electron chi connectivity index (χ2n) is 7.63. The first-order chi connectivity index (χ1) is 14.0. The van der Waals surface area contributed by atoms with Crippen molar-refractivity contribution in [2.45, 2.75) is 31.5 Å². The number of carbonyl (C=O) groups is 1. The molecule has 3 heterocycles. The number of Topliss-reactive ketones (excluding diaryl/α,β-unsaturated/α-hetero) is 1. The minimum Gasteiger partial charge on any atom is -0.493 e. The van der Waals surface area contributed by atoms with Gasteiger partial charge in [-0.05, 0) is 30.7 Å². The molecule has 150 valence electrons. The summed E-state index contributed by atoms with van der Waals surface area (Å²) < 4.78 is 29.0. The molecule has 0 spiro atoms. The summed E-state index contributed by atoms with van der Waals surface area (Å²) in [5.74, 6) is 2.68. The number of carbonyl (C=O) groups excluding carboxylic acids is 1. The lowest BCUT2D eigenvalue weighted by molar-refractivity contribution is 0.0554. The Bertz CT molecular complexity index is 1040. The highest BCUT2D eigenvalue weighted by atomic mass is 16.5. The monoisotopic (exact) mass is 393 g/mol. The van der Waals surface area contributed by atoms with Crippen molar-refractivity contribution in [3.8, 4) is 28.7 Å². The Labute approximate surface area is 169 Å². The highest BCUT2D eigenvalue weighted by molar-refractivity contribution is 6.06. The molecule has 0 N–H and O–H groups in total. The number of benzene rings is 2. The molecule has 0 saturated carbocycles. The predicted octanol–water partition coefficient (Wildman–Crippen LogP) is 3.70. The van der Waals surface area contributed by atoms with Crippen LogP contribution in [0.1, 0.15) is 34.3 Å². The molecular weight excluding hydrogens is 371 g/mol. The second-order valence-corrected chi connectivity index (χ2v) is 7.63. The van der Waals surface area contributed by atoms with Crippen LogP contribution < -0.4 is 23.7 Å². The van der Waals surface area contributed by atoms with E-state index < -0.39 is 12.0 Å². The molecule has 2 aromatic carbocycles. The van der Waals surface area contributed by atoms with Crippen molar-refractivity contribution in [1.82, 2.24) is 0 Å². The smallest absolute Gasteiger partial charge is 0.178 e. The molecule has 29 heavy (non-hydrogen) atoms. The maximum Gasteiger partial charge on any atom is 0.178 e.